The molecule has 1 N–H and O–H groups in total. The summed E-state index contributed by atoms with van der Waals surface area (Å²) in [5.74, 6) is 6.05. The highest BCUT2D eigenvalue weighted by atomic mass is 16.2. The Morgan fingerprint density at radius 1 is 0.333 bits per heavy atom. The summed E-state index contributed by atoms with van der Waals surface area (Å²) in [5.41, 5.74) is 0. The van der Waals surface area contributed by atoms with Gasteiger partial charge in [0.15, 0.2) is 0 Å². The molecule has 0 radical (unpaired) electrons. The molecule has 0 spiro atoms. The van der Waals surface area contributed by atoms with Gasteiger partial charge in [0.1, 0.15) is 0 Å². The van der Waals surface area contributed by atoms with E-state index in [1.54, 1.807) is 0 Å². The minimum Gasteiger partial charge on any atom is -0.396 e. The maximum Gasteiger partial charge on any atom is 0.0431 e. The molecule has 1 heteroatoms. The third-order valence-electron chi connectivity index (χ3n) is 7.83. The van der Waals surface area contributed by atoms with Crippen molar-refractivity contribution in [3.8, 4) is 0 Å². The Morgan fingerprint density at radius 2 is 0.576 bits per heavy atom. The van der Waals surface area contributed by atoms with E-state index in [-0.39, 0.29) is 0 Å². The van der Waals surface area contributed by atoms with Crippen LogP contribution in [-0.4, -0.2) is 11.7 Å². The molecule has 0 aromatic heterocycles. The van der Waals surface area contributed by atoms with Gasteiger partial charge in [-0.3, -0.25) is 0 Å². The van der Waals surface area contributed by atoms with Crippen molar-refractivity contribution < 1.29 is 5.11 Å². The molecule has 0 heterocycles. The summed E-state index contributed by atoms with van der Waals surface area (Å²) in [6, 6.07) is 0. The number of hydrogen-bond acceptors (Lipinski definition) is 1. The summed E-state index contributed by atoms with van der Waals surface area (Å²) in [6.45, 7) is 19.4. The van der Waals surface area contributed by atoms with Gasteiger partial charge in [-0.25, -0.2) is 0 Å². The van der Waals surface area contributed by atoms with Crippen LogP contribution in [0.25, 0.3) is 0 Å². The molecule has 33 heavy (non-hydrogen) atoms. The van der Waals surface area contributed by atoms with Crippen LogP contribution in [0.3, 0.4) is 0 Å². The lowest BCUT2D eigenvalue weighted by atomic mass is 9.83. The van der Waals surface area contributed by atoms with E-state index in [2.05, 4.69) is 55.4 Å². The minimum absolute atomic E-state index is 0.368. The summed E-state index contributed by atoms with van der Waals surface area (Å²) < 4.78 is 0. The first-order valence-electron chi connectivity index (χ1n) is 15.2. The standard InChI is InChI=1S/C32H66O/c1-26(2)17-21-31(22-18-27(3)4)14-9-12-30(16-11-25-33)13-10-15-32(23-19-28(5)6)24-20-29(7)8/h26-33H,9-25H2,1-8H3. The summed E-state index contributed by atoms with van der Waals surface area (Å²) in [6.07, 6.45) is 22.0. The summed E-state index contributed by atoms with van der Waals surface area (Å²) in [5, 5.41) is 9.43. The highest BCUT2D eigenvalue weighted by Gasteiger charge is 2.16. The third kappa shape index (κ3) is 22.2. The molecule has 1 nitrogen and oxygen atoms in total. The van der Waals surface area contributed by atoms with Crippen molar-refractivity contribution >= 4 is 0 Å². The number of rotatable bonds is 23. The van der Waals surface area contributed by atoms with Gasteiger partial charge in [0, 0.05) is 6.61 Å². The molecule has 0 bridgehead atoms. The van der Waals surface area contributed by atoms with Crippen molar-refractivity contribution in [3.05, 3.63) is 0 Å². The van der Waals surface area contributed by atoms with Gasteiger partial charge in [-0.15, -0.1) is 0 Å². The van der Waals surface area contributed by atoms with Gasteiger partial charge < -0.3 is 5.11 Å². The van der Waals surface area contributed by atoms with E-state index in [9.17, 15) is 5.11 Å². The van der Waals surface area contributed by atoms with Crippen LogP contribution in [0.15, 0.2) is 0 Å². The van der Waals surface area contributed by atoms with Gasteiger partial charge in [0.2, 0.25) is 0 Å². The summed E-state index contributed by atoms with van der Waals surface area (Å²) >= 11 is 0. The lowest BCUT2D eigenvalue weighted by Gasteiger charge is -2.23. The molecule has 0 aliphatic heterocycles. The molecule has 0 aromatic carbocycles. The monoisotopic (exact) mass is 467 g/mol. The normalized spacial score (nSPS) is 12.7. The van der Waals surface area contributed by atoms with Crippen LogP contribution in [0, 0.1) is 41.4 Å². The predicted octanol–water partition coefficient (Wildman–Crippen LogP) is 10.7. The molecule has 200 valence electrons. The summed E-state index contributed by atoms with van der Waals surface area (Å²) in [7, 11) is 0. The van der Waals surface area contributed by atoms with Crippen LogP contribution in [-0.2, 0) is 0 Å². The SMILES string of the molecule is CC(C)CCC(CCCC(CCCO)CCCC(CCC(C)C)CCC(C)C)CCC(C)C. The average Bonchev–Trinajstić information content (AvgIpc) is 2.73. The highest BCUT2D eigenvalue weighted by molar-refractivity contribution is 4.68. The maximum atomic E-state index is 9.43. The van der Waals surface area contributed by atoms with Crippen molar-refractivity contribution in [2.24, 2.45) is 41.4 Å². The quantitative estimate of drug-likeness (QED) is 0.159. The molecule has 0 saturated heterocycles. The highest BCUT2D eigenvalue weighted by Crippen LogP contribution is 2.30. The Hall–Kier alpha value is -0.0400. The van der Waals surface area contributed by atoms with E-state index < -0.39 is 0 Å². The fraction of sp³-hybridized carbons (Fsp3) is 1.00. The fourth-order valence-electron chi connectivity index (χ4n) is 5.35. The largest absolute Gasteiger partial charge is 0.396 e. The average molecular weight is 467 g/mol. The van der Waals surface area contributed by atoms with Gasteiger partial charge in [-0.05, 0) is 54.3 Å². The second kappa shape index (κ2) is 21.3. The van der Waals surface area contributed by atoms with Crippen molar-refractivity contribution in [1.82, 2.24) is 0 Å². The van der Waals surface area contributed by atoms with Gasteiger partial charge in [-0.1, -0.05) is 145 Å². The molecular weight excluding hydrogens is 400 g/mol. The van der Waals surface area contributed by atoms with Gasteiger partial charge in [0.05, 0.1) is 0 Å². The predicted molar refractivity (Wildman–Crippen MR) is 151 cm³/mol. The van der Waals surface area contributed by atoms with E-state index in [0.29, 0.717) is 6.61 Å². The van der Waals surface area contributed by atoms with E-state index in [0.717, 1.165) is 47.8 Å². The summed E-state index contributed by atoms with van der Waals surface area (Å²) in [4.78, 5) is 0. The first-order chi connectivity index (χ1) is 15.6. The van der Waals surface area contributed by atoms with Crippen LogP contribution in [0.5, 0.6) is 0 Å². The third-order valence-corrected chi connectivity index (χ3v) is 7.83. The number of hydrogen-bond donors (Lipinski definition) is 1. The van der Waals surface area contributed by atoms with E-state index in [1.807, 2.05) is 0 Å². The smallest absolute Gasteiger partial charge is 0.0431 e. The second-order valence-electron chi connectivity index (χ2n) is 13.2. The van der Waals surface area contributed by atoms with E-state index in [4.69, 9.17) is 0 Å². The molecule has 0 fully saturated rings. The van der Waals surface area contributed by atoms with Crippen molar-refractivity contribution in [1.29, 1.82) is 0 Å². The zero-order chi connectivity index (χ0) is 25.1. The Morgan fingerprint density at radius 3 is 0.818 bits per heavy atom. The first kappa shape index (κ1) is 33.0. The maximum absolute atomic E-state index is 9.43. The van der Waals surface area contributed by atoms with Gasteiger partial charge in [0.25, 0.3) is 0 Å². The zero-order valence-corrected chi connectivity index (χ0v) is 24.5. The zero-order valence-electron chi connectivity index (χ0n) is 24.5. The van der Waals surface area contributed by atoms with E-state index in [1.165, 1.54) is 96.3 Å². The molecule has 0 atom stereocenters. The number of aliphatic hydroxyl groups is 1. The topological polar surface area (TPSA) is 20.2 Å². The van der Waals surface area contributed by atoms with Crippen molar-refractivity contribution in [3.63, 3.8) is 0 Å². The minimum atomic E-state index is 0.368. The molecule has 0 rings (SSSR count). The molecule has 0 aliphatic rings. The van der Waals surface area contributed by atoms with Crippen LogP contribution < -0.4 is 0 Å². The first-order valence-corrected chi connectivity index (χ1v) is 15.2. The van der Waals surface area contributed by atoms with Gasteiger partial charge >= 0.3 is 0 Å². The molecular formula is C32H66O. The lowest BCUT2D eigenvalue weighted by Crippen LogP contribution is -2.09. The molecule has 0 unspecified atom stereocenters. The Labute approximate surface area is 211 Å². The molecule has 0 saturated carbocycles. The van der Waals surface area contributed by atoms with Crippen LogP contribution in [0.4, 0.5) is 0 Å². The van der Waals surface area contributed by atoms with Crippen molar-refractivity contribution in [2.75, 3.05) is 6.61 Å². The molecule has 0 amide bonds. The van der Waals surface area contributed by atoms with Crippen LogP contribution in [0.2, 0.25) is 0 Å². The van der Waals surface area contributed by atoms with Crippen LogP contribution in [0.1, 0.15) is 158 Å². The fourth-order valence-corrected chi connectivity index (χ4v) is 5.35. The molecule has 0 aliphatic carbocycles. The Kier molecular flexibility index (Phi) is 21.2. The lowest BCUT2D eigenvalue weighted by molar-refractivity contribution is 0.254. The van der Waals surface area contributed by atoms with Crippen LogP contribution >= 0.6 is 0 Å². The molecule has 0 aromatic rings. The van der Waals surface area contributed by atoms with E-state index >= 15 is 0 Å². The second-order valence-corrected chi connectivity index (χ2v) is 13.2. The van der Waals surface area contributed by atoms with Crippen molar-refractivity contribution in [2.45, 2.75) is 158 Å². The van der Waals surface area contributed by atoms with Gasteiger partial charge in [-0.2, -0.15) is 0 Å². The Bertz CT molecular complexity index is 339. The Balaban J connectivity index is 4.57. The number of aliphatic hydroxyl groups excluding tert-OH is 1.